The summed E-state index contributed by atoms with van der Waals surface area (Å²) in [5.41, 5.74) is -0.658. The number of carboxylic acids is 1. The summed E-state index contributed by atoms with van der Waals surface area (Å²) in [5, 5.41) is 9.25. The number of carbonyl (C=O) groups is 1. The minimum Gasteiger partial charge on any atom is -0.495 e. The summed E-state index contributed by atoms with van der Waals surface area (Å²) in [5.74, 6) is -0.844. The van der Waals surface area contributed by atoms with Gasteiger partial charge in [0.25, 0.3) is 0 Å². The third-order valence-corrected chi connectivity index (χ3v) is 2.15. The Morgan fingerprint density at radius 1 is 1.50 bits per heavy atom. The Morgan fingerprint density at radius 2 is 2.25 bits per heavy atom. The van der Waals surface area contributed by atoms with Crippen LogP contribution in [0.1, 0.15) is 10.5 Å². The van der Waals surface area contributed by atoms with E-state index in [1.807, 2.05) is 0 Å². The Morgan fingerprint density at radius 3 is 2.88 bits per heavy atom. The average Bonchev–Trinajstić information content (AvgIpc) is 2.27. The molecule has 0 atom stereocenters. The van der Waals surface area contributed by atoms with E-state index in [9.17, 15) is 9.59 Å². The molecule has 0 amide bonds. The number of hydrogen-bond acceptors (Lipinski definition) is 4. The number of nitrogens with one attached hydrogen (secondary N) is 1. The molecule has 2 rings (SSSR count). The molecule has 0 aliphatic carbocycles. The molecule has 0 saturated heterocycles. The number of methoxy groups -OCH3 is 1. The van der Waals surface area contributed by atoms with Gasteiger partial charge in [-0.25, -0.2) is 9.59 Å². The second-order valence-electron chi connectivity index (χ2n) is 3.08. The van der Waals surface area contributed by atoms with Gasteiger partial charge in [-0.15, -0.1) is 0 Å². The van der Waals surface area contributed by atoms with E-state index < -0.39 is 11.7 Å². The zero-order valence-corrected chi connectivity index (χ0v) is 8.35. The van der Waals surface area contributed by atoms with Gasteiger partial charge in [-0.2, -0.15) is 4.98 Å². The van der Waals surface area contributed by atoms with Crippen molar-refractivity contribution < 1.29 is 14.6 Å². The summed E-state index contributed by atoms with van der Waals surface area (Å²) in [4.78, 5) is 28.0. The number of benzene rings is 1. The first-order valence-corrected chi connectivity index (χ1v) is 4.44. The number of aromatic nitrogens is 2. The molecule has 0 bridgehead atoms. The number of H-pyrrole nitrogens is 1. The van der Waals surface area contributed by atoms with Crippen molar-refractivity contribution in [2.24, 2.45) is 0 Å². The third-order valence-electron chi connectivity index (χ3n) is 2.15. The van der Waals surface area contributed by atoms with E-state index >= 15 is 0 Å². The molecule has 0 fully saturated rings. The van der Waals surface area contributed by atoms with Crippen LogP contribution in [0.15, 0.2) is 23.0 Å². The number of aromatic carboxylic acids is 1. The topological polar surface area (TPSA) is 92.3 Å². The number of fused-ring (bicyclic) bond motifs is 1. The lowest BCUT2D eigenvalue weighted by Gasteiger charge is -2.05. The van der Waals surface area contributed by atoms with Crippen LogP contribution in [0.3, 0.4) is 0 Å². The van der Waals surface area contributed by atoms with E-state index in [1.54, 1.807) is 18.2 Å². The monoisotopic (exact) mass is 220 g/mol. The van der Waals surface area contributed by atoms with E-state index in [0.717, 1.165) is 0 Å². The minimum absolute atomic E-state index is 0.280. The van der Waals surface area contributed by atoms with Gasteiger partial charge in [-0.3, -0.25) is 0 Å². The lowest BCUT2D eigenvalue weighted by Crippen LogP contribution is -2.16. The SMILES string of the molecule is COc1cccc2c(C(=O)O)nc(=O)[nH]c12. The summed E-state index contributed by atoms with van der Waals surface area (Å²) >= 11 is 0. The van der Waals surface area contributed by atoms with Crippen molar-refractivity contribution in [3.05, 3.63) is 34.4 Å². The Labute approximate surface area is 89.5 Å². The van der Waals surface area contributed by atoms with Crippen molar-refractivity contribution in [2.45, 2.75) is 0 Å². The molecule has 1 aromatic carbocycles. The molecule has 0 saturated carbocycles. The number of para-hydroxylation sites is 1. The van der Waals surface area contributed by atoms with E-state index in [4.69, 9.17) is 9.84 Å². The van der Waals surface area contributed by atoms with Crippen molar-refractivity contribution in [2.75, 3.05) is 7.11 Å². The summed E-state index contributed by atoms with van der Waals surface area (Å²) in [6.45, 7) is 0. The smallest absolute Gasteiger partial charge is 0.355 e. The van der Waals surface area contributed by atoms with Crippen LogP contribution in [0.25, 0.3) is 10.9 Å². The van der Waals surface area contributed by atoms with Crippen LogP contribution < -0.4 is 10.4 Å². The molecule has 1 heterocycles. The fraction of sp³-hybridized carbons (Fsp3) is 0.100. The number of hydrogen-bond donors (Lipinski definition) is 2. The highest BCUT2D eigenvalue weighted by Gasteiger charge is 2.14. The van der Waals surface area contributed by atoms with Gasteiger partial charge in [0, 0.05) is 5.39 Å². The first-order chi connectivity index (χ1) is 7.63. The number of rotatable bonds is 2. The maximum Gasteiger partial charge on any atom is 0.355 e. The Bertz CT molecular complexity index is 618. The van der Waals surface area contributed by atoms with Gasteiger partial charge in [-0.05, 0) is 6.07 Å². The molecule has 0 unspecified atom stereocenters. The van der Waals surface area contributed by atoms with Crippen LogP contribution in [0.4, 0.5) is 0 Å². The first kappa shape index (κ1) is 10.2. The average molecular weight is 220 g/mol. The standard InChI is InChI=1S/C10H8N2O4/c1-16-6-4-2-3-5-7(6)11-10(15)12-8(5)9(13)14/h2-4H,1H3,(H,13,14)(H,11,12,15). The van der Waals surface area contributed by atoms with Gasteiger partial charge >= 0.3 is 11.7 Å². The van der Waals surface area contributed by atoms with E-state index in [0.29, 0.717) is 16.7 Å². The summed E-state index contributed by atoms with van der Waals surface area (Å²) in [6, 6.07) is 4.82. The molecule has 0 aliphatic heterocycles. The first-order valence-electron chi connectivity index (χ1n) is 4.44. The number of ether oxygens (including phenoxy) is 1. The molecule has 0 aliphatic rings. The molecular weight excluding hydrogens is 212 g/mol. The molecule has 6 nitrogen and oxygen atoms in total. The fourth-order valence-electron chi connectivity index (χ4n) is 1.49. The maximum absolute atomic E-state index is 11.2. The van der Waals surface area contributed by atoms with E-state index in [2.05, 4.69) is 9.97 Å². The van der Waals surface area contributed by atoms with E-state index in [-0.39, 0.29) is 5.69 Å². The van der Waals surface area contributed by atoms with Gasteiger partial charge in [0.1, 0.15) is 5.75 Å². The zero-order chi connectivity index (χ0) is 11.7. The van der Waals surface area contributed by atoms with Gasteiger partial charge in [0.15, 0.2) is 5.69 Å². The van der Waals surface area contributed by atoms with Crippen molar-refractivity contribution in [3.8, 4) is 5.75 Å². The minimum atomic E-state index is -1.25. The van der Waals surface area contributed by atoms with E-state index in [1.165, 1.54) is 7.11 Å². The predicted molar refractivity (Wildman–Crippen MR) is 55.9 cm³/mol. The second-order valence-corrected chi connectivity index (χ2v) is 3.08. The van der Waals surface area contributed by atoms with Crippen molar-refractivity contribution in [1.29, 1.82) is 0 Å². The van der Waals surface area contributed by atoms with Gasteiger partial charge in [-0.1, -0.05) is 12.1 Å². The van der Waals surface area contributed by atoms with Crippen molar-refractivity contribution in [3.63, 3.8) is 0 Å². The van der Waals surface area contributed by atoms with Crippen LogP contribution in [-0.4, -0.2) is 28.2 Å². The normalized spacial score (nSPS) is 10.3. The highest BCUT2D eigenvalue weighted by atomic mass is 16.5. The highest BCUT2D eigenvalue weighted by molar-refractivity contribution is 6.01. The van der Waals surface area contributed by atoms with Crippen LogP contribution in [0.2, 0.25) is 0 Å². The zero-order valence-electron chi connectivity index (χ0n) is 8.35. The highest BCUT2D eigenvalue weighted by Crippen LogP contribution is 2.23. The van der Waals surface area contributed by atoms with Crippen LogP contribution in [0.5, 0.6) is 5.75 Å². The van der Waals surface area contributed by atoms with Crippen molar-refractivity contribution in [1.82, 2.24) is 9.97 Å². The summed E-state index contributed by atoms with van der Waals surface area (Å²) < 4.78 is 5.03. The largest absolute Gasteiger partial charge is 0.495 e. The van der Waals surface area contributed by atoms with Gasteiger partial charge < -0.3 is 14.8 Å². The second kappa shape index (κ2) is 3.65. The number of nitrogens with zero attached hydrogens (tertiary/aromatic N) is 1. The van der Waals surface area contributed by atoms with Crippen LogP contribution in [-0.2, 0) is 0 Å². The fourth-order valence-corrected chi connectivity index (χ4v) is 1.49. The van der Waals surface area contributed by atoms with Crippen LogP contribution in [0, 0.1) is 0 Å². The molecule has 0 radical (unpaired) electrons. The van der Waals surface area contributed by atoms with Crippen LogP contribution >= 0.6 is 0 Å². The number of aromatic amines is 1. The quantitative estimate of drug-likeness (QED) is 0.774. The van der Waals surface area contributed by atoms with Gasteiger partial charge in [0.2, 0.25) is 0 Å². The molecule has 6 heteroatoms. The lowest BCUT2D eigenvalue weighted by atomic mass is 10.2. The summed E-state index contributed by atoms with van der Waals surface area (Å²) in [7, 11) is 1.44. The summed E-state index contributed by atoms with van der Waals surface area (Å²) in [6.07, 6.45) is 0. The van der Waals surface area contributed by atoms with Crippen molar-refractivity contribution >= 4 is 16.9 Å². The molecule has 0 spiro atoms. The molecule has 2 N–H and O–H groups in total. The molecule has 2 aromatic rings. The lowest BCUT2D eigenvalue weighted by molar-refractivity contribution is 0.0692. The third kappa shape index (κ3) is 1.50. The Hall–Kier alpha value is -2.37. The predicted octanol–water partition coefficient (Wildman–Crippen LogP) is 0.630. The molecule has 82 valence electrons. The molecular formula is C10H8N2O4. The molecule has 16 heavy (non-hydrogen) atoms. The molecule has 1 aromatic heterocycles. The number of carboxylic acid groups (broad SMARTS) is 1. The van der Waals surface area contributed by atoms with Gasteiger partial charge in [0.05, 0.1) is 12.6 Å². The Balaban J connectivity index is 2.94. The maximum atomic E-state index is 11.2. The Kier molecular flexibility index (Phi) is 2.32.